The molecule has 0 N–H and O–H groups in total. The molecule has 0 heterocycles. The van der Waals surface area contributed by atoms with Crippen molar-refractivity contribution in [3.63, 3.8) is 0 Å². The molecule has 0 saturated heterocycles. The maximum atomic E-state index is 3.99. The molecule has 0 heteroatoms. The molecule has 0 saturated carbocycles. The first kappa shape index (κ1) is 11.7. The van der Waals surface area contributed by atoms with E-state index in [1.807, 2.05) is 6.08 Å². The van der Waals surface area contributed by atoms with Gasteiger partial charge < -0.3 is 0 Å². The highest BCUT2D eigenvalue weighted by atomic mass is 14.1. The van der Waals surface area contributed by atoms with Gasteiger partial charge in [-0.05, 0) is 41.7 Å². The SMILES string of the molecule is C=CCc1cc(CC(=C)C)cc2ccccc12. The topological polar surface area (TPSA) is 0 Å². The highest BCUT2D eigenvalue weighted by molar-refractivity contribution is 5.86. The molecule has 2 rings (SSSR count). The van der Waals surface area contributed by atoms with Crippen LogP contribution in [0.1, 0.15) is 18.1 Å². The van der Waals surface area contributed by atoms with E-state index >= 15 is 0 Å². The summed E-state index contributed by atoms with van der Waals surface area (Å²) < 4.78 is 0. The standard InChI is InChI=1S/C17H18/c1-4-7-15-11-14(10-13(2)3)12-16-8-5-6-9-17(15)16/h4-6,8-9,11-12H,1-2,7,10H2,3H3. The summed E-state index contributed by atoms with van der Waals surface area (Å²) in [7, 11) is 0. The molecule has 0 nitrogen and oxygen atoms in total. The fourth-order valence-corrected chi connectivity index (χ4v) is 2.23. The van der Waals surface area contributed by atoms with Crippen molar-refractivity contribution in [1.29, 1.82) is 0 Å². The Balaban J connectivity index is 2.57. The molecule has 2 aromatic carbocycles. The Kier molecular flexibility index (Phi) is 3.43. The van der Waals surface area contributed by atoms with Crippen molar-refractivity contribution < 1.29 is 0 Å². The number of fused-ring (bicyclic) bond motifs is 1. The summed E-state index contributed by atoms with van der Waals surface area (Å²) in [6.07, 6.45) is 3.84. The highest BCUT2D eigenvalue weighted by Gasteiger charge is 2.03. The van der Waals surface area contributed by atoms with E-state index in [9.17, 15) is 0 Å². The molecule has 0 aliphatic rings. The van der Waals surface area contributed by atoms with Gasteiger partial charge in [0, 0.05) is 0 Å². The van der Waals surface area contributed by atoms with Gasteiger partial charge in [-0.3, -0.25) is 0 Å². The lowest BCUT2D eigenvalue weighted by atomic mass is 9.96. The van der Waals surface area contributed by atoms with Crippen molar-refractivity contribution in [2.45, 2.75) is 19.8 Å². The molecule has 0 aromatic heterocycles. The number of hydrogen-bond acceptors (Lipinski definition) is 0. The summed E-state index contributed by atoms with van der Waals surface area (Å²) >= 11 is 0. The summed E-state index contributed by atoms with van der Waals surface area (Å²) in [4.78, 5) is 0. The lowest BCUT2D eigenvalue weighted by Gasteiger charge is -2.09. The molecular weight excluding hydrogens is 204 g/mol. The van der Waals surface area contributed by atoms with Gasteiger partial charge in [0.1, 0.15) is 0 Å². The zero-order chi connectivity index (χ0) is 12.3. The zero-order valence-electron chi connectivity index (χ0n) is 10.4. The summed E-state index contributed by atoms with van der Waals surface area (Å²) in [5.41, 5.74) is 3.90. The van der Waals surface area contributed by atoms with Crippen molar-refractivity contribution in [2.75, 3.05) is 0 Å². The van der Waals surface area contributed by atoms with Crippen LogP contribution in [-0.2, 0) is 12.8 Å². The summed E-state index contributed by atoms with van der Waals surface area (Å²) in [5.74, 6) is 0. The first-order chi connectivity index (χ1) is 8.20. The third-order valence-electron chi connectivity index (χ3n) is 2.88. The minimum Gasteiger partial charge on any atom is -0.103 e. The van der Waals surface area contributed by atoms with Crippen molar-refractivity contribution in [3.05, 3.63) is 72.3 Å². The van der Waals surface area contributed by atoms with Gasteiger partial charge in [-0.1, -0.05) is 54.6 Å². The second-order valence-corrected chi connectivity index (χ2v) is 4.60. The maximum absolute atomic E-state index is 3.99. The van der Waals surface area contributed by atoms with E-state index in [4.69, 9.17) is 0 Å². The van der Waals surface area contributed by atoms with Crippen LogP contribution >= 0.6 is 0 Å². The smallest absolute Gasteiger partial charge is 0.00723 e. The zero-order valence-corrected chi connectivity index (χ0v) is 10.4. The van der Waals surface area contributed by atoms with Gasteiger partial charge in [0.25, 0.3) is 0 Å². The van der Waals surface area contributed by atoms with Crippen LogP contribution < -0.4 is 0 Å². The molecular formula is C17H18. The molecule has 0 aliphatic carbocycles. The minimum atomic E-state index is 0.921. The Bertz CT molecular complexity index is 561. The van der Waals surface area contributed by atoms with Gasteiger partial charge in [0.2, 0.25) is 0 Å². The normalized spacial score (nSPS) is 10.4. The maximum Gasteiger partial charge on any atom is -0.00723 e. The molecule has 0 unspecified atom stereocenters. The number of benzene rings is 2. The van der Waals surface area contributed by atoms with Gasteiger partial charge in [-0.25, -0.2) is 0 Å². The molecule has 0 amide bonds. The number of rotatable bonds is 4. The predicted molar refractivity (Wildman–Crippen MR) is 76.4 cm³/mol. The molecule has 0 atom stereocenters. The van der Waals surface area contributed by atoms with Crippen LogP contribution in [0.15, 0.2) is 61.2 Å². The fourth-order valence-electron chi connectivity index (χ4n) is 2.23. The average Bonchev–Trinajstić information content (AvgIpc) is 2.28. The van der Waals surface area contributed by atoms with E-state index in [0.29, 0.717) is 0 Å². The Hall–Kier alpha value is -1.82. The summed E-state index contributed by atoms with van der Waals surface area (Å²) in [5, 5.41) is 2.64. The quantitative estimate of drug-likeness (QED) is 0.658. The lowest BCUT2D eigenvalue weighted by Crippen LogP contribution is -1.91. The second-order valence-electron chi connectivity index (χ2n) is 4.60. The van der Waals surface area contributed by atoms with E-state index in [1.54, 1.807) is 0 Å². The highest BCUT2D eigenvalue weighted by Crippen LogP contribution is 2.23. The molecule has 86 valence electrons. The van der Waals surface area contributed by atoms with E-state index in [-0.39, 0.29) is 0 Å². The monoisotopic (exact) mass is 222 g/mol. The first-order valence-electron chi connectivity index (χ1n) is 5.96. The van der Waals surface area contributed by atoms with E-state index < -0.39 is 0 Å². The van der Waals surface area contributed by atoms with E-state index in [2.05, 4.69) is 56.5 Å². The Labute approximate surface area is 103 Å². The molecule has 0 spiro atoms. The van der Waals surface area contributed by atoms with E-state index in [0.717, 1.165) is 12.8 Å². The van der Waals surface area contributed by atoms with Gasteiger partial charge in [-0.15, -0.1) is 6.58 Å². The van der Waals surface area contributed by atoms with Crippen LogP contribution in [0.25, 0.3) is 10.8 Å². The van der Waals surface area contributed by atoms with E-state index in [1.165, 1.54) is 27.5 Å². The second kappa shape index (κ2) is 5.01. The summed E-state index contributed by atoms with van der Waals surface area (Å²) in [6.45, 7) is 9.89. The first-order valence-corrected chi connectivity index (χ1v) is 5.96. The Morgan fingerprint density at radius 2 is 2.00 bits per heavy atom. The molecule has 0 fully saturated rings. The molecule has 0 radical (unpaired) electrons. The van der Waals surface area contributed by atoms with Crippen molar-refractivity contribution in [3.8, 4) is 0 Å². The fraction of sp³-hybridized carbons (Fsp3) is 0.176. The predicted octanol–water partition coefficient (Wildman–Crippen LogP) is 4.69. The Morgan fingerprint density at radius 1 is 1.24 bits per heavy atom. The van der Waals surface area contributed by atoms with Crippen LogP contribution in [0.5, 0.6) is 0 Å². The van der Waals surface area contributed by atoms with Crippen molar-refractivity contribution in [2.24, 2.45) is 0 Å². The molecule has 0 bridgehead atoms. The summed E-state index contributed by atoms with van der Waals surface area (Å²) in [6, 6.07) is 13.1. The van der Waals surface area contributed by atoms with Gasteiger partial charge >= 0.3 is 0 Å². The third-order valence-corrected chi connectivity index (χ3v) is 2.88. The van der Waals surface area contributed by atoms with Gasteiger partial charge in [0.15, 0.2) is 0 Å². The number of allylic oxidation sites excluding steroid dienone is 2. The van der Waals surface area contributed by atoms with Gasteiger partial charge in [0.05, 0.1) is 0 Å². The average molecular weight is 222 g/mol. The lowest BCUT2D eigenvalue weighted by molar-refractivity contribution is 1.14. The van der Waals surface area contributed by atoms with Gasteiger partial charge in [-0.2, -0.15) is 0 Å². The van der Waals surface area contributed by atoms with Crippen molar-refractivity contribution >= 4 is 10.8 Å². The van der Waals surface area contributed by atoms with Crippen LogP contribution in [0.2, 0.25) is 0 Å². The largest absolute Gasteiger partial charge is 0.103 e. The third kappa shape index (κ3) is 2.65. The van der Waals surface area contributed by atoms with Crippen LogP contribution in [0.3, 0.4) is 0 Å². The Morgan fingerprint density at radius 3 is 2.71 bits per heavy atom. The molecule has 2 aromatic rings. The number of hydrogen-bond donors (Lipinski definition) is 0. The van der Waals surface area contributed by atoms with Crippen LogP contribution in [0, 0.1) is 0 Å². The van der Waals surface area contributed by atoms with Crippen LogP contribution in [-0.4, -0.2) is 0 Å². The molecule has 17 heavy (non-hydrogen) atoms. The molecule has 0 aliphatic heterocycles. The minimum absolute atomic E-state index is 0.921. The van der Waals surface area contributed by atoms with Crippen LogP contribution in [0.4, 0.5) is 0 Å². The van der Waals surface area contributed by atoms with Crippen molar-refractivity contribution in [1.82, 2.24) is 0 Å².